The van der Waals surface area contributed by atoms with Crippen LogP contribution in [0.1, 0.15) is 16.1 Å². The van der Waals surface area contributed by atoms with Crippen molar-refractivity contribution < 1.29 is 9.53 Å². The number of hydrogen-bond acceptors (Lipinski definition) is 4. The van der Waals surface area contributed by atoms with Crippen molar-refractivity contribution in [2.45, 2.75) is 0 Å². The highest BCUT2D eigenvalue weighted by atomic mass is 16.5. The fraction of sp³-hybridized carbons (Fsp3) is 0.0556. The Morgan fingerprint density at radius 2 is 1.74 bits per heavy atom. The molecule has 2 aromatic carbocycles. The highest BCUT2D eigenvalue weighted by Crippen LogP contribution is 2.19. The lowest BCUT2D eigenvalue weighted by Gasteiger charge is -2.05. The number of methoxy groups -OCH3 is 1. The molecule has 0 aliphatic carbocycles. The monoisotopic (exact) mass is 306 g/mol. The quantitative estimate of drug-likeness (QED) is 0.752. The number of benzene rings is 2. The molecule has 5 nitrogen and oxygen atoms in total. The van der Waals surface area contributed by atoms with Crippen LogP contribution in [0.2, 0.25) is 0 Å². The first-order valence-electron chi connectivity index (χ1n) is 7.03. The molecule has 3 aromatic rings. The maximum absolute atomic E-state index is 12.6. The lowest BCUT2D eigenvalue weighted by molar-refractivity contribution is 0.103. The highest BCUT2D eigenvalue weighted by molar-refractivity contribution is 6.07. The van der Waals surface area contributed by atoms with Gasteiger partial charge in [-0.3, -0.25) is 14.7 Å². The third-order valence-corrected chi connectivity index (χ3v) is 3.50. The number of ketones is 1. The Labute approximate surface area is 132 Å². The van der Waals surface area contributed by atoms with Crippen LogP contribution in [0.5, 0.6) is 5.75 Å². The second kappa shape index (κ2) is 6.27. The van der Waals surface area contributed by atoms with E-state index in [-0.39, 0.29) is 5.69 Å². The molecule has 3 rings (SSSR count). The zero-order valence-electron chi connectivity index (χ0n) is 12.4. The van der Waals surface area contributed by atoms with E-state index in [0.29, 0.717) is 22.4 Å². The van der Waals surface area contributed by atoms with Crippen molar-refractivity contribution in [1.82, 2.24) is 10.2 Å². The van der Waals surface area contributed by atoms with E-state index in [1.54, 1.807) is 55.6 Å². The maximum Gasteiger partial charge on any atom is 0.219 e. The number of ether oxygens (including phenoxy) is 1. The molecule has 0 aliphatic heterocycles. The number of nitrogens with zero attached hydrogens (tertiary/aromatic N) is 1. The summed E-state index contributed by atoms with van der Waals surface area (Å²) < 4.78 is 5.10. The molecule has 0 fully saturated rings. The maximum atomic E-state index is 12.6. The van der Waals surface area contributed by atoms with E-state index in [0.717, 1.165) is 0 Å². The minimum atomic E-state index is -0.401. The van der Waals surface area contributed by atoms with Crippen molar-refractivity contribution in [3.63, 3.8) is 0 Å². The van der Waals surface area contributed by atoms with Gasteiger partial charge in [0.15, 0.2) is 5.69 Å². The first kappa shape index (κ1) is 14.7. The molecule has 0 bridgehead atoms. The van der Waals surface area contributed by atoms with Crippen molar-refractivity contribution >= 4 is 5.78 Å². The summed E-state index contributed by atoms with van der Waals surface area (Å²) in [6.07, 6.45) is 1.49. The van der Waals surface area contributed by atoms with Gasteiger partial charge >= 0.3 is 0 Å². The van der Waals surface area contributed by atoms with Crippen LogP contribution >= 0.6 is 0 Å². The molecule has 0 atom stereocenters. The molecule has 0 aliphatic rings. The van der Waals surface area contributed by atoms with Crippen LogP contribution in [0.4, 0.5) is 0 Å². The summed E-state index contributed by atoms with van der Waals surface area (Å²) in [5.74, 6) is 0.294. The fourth-order valence-electron chi connectivity index (χ4n) is 2.27. The number of carbonyl (C=O) groups is 1. The third-order valence-electron chi connectivity index (χ3n) is 3.50. The molecule has 0 unspecified atom stereocenters. The first-order chi connectivity index (χ1) is 11.2. The summed E-state index contributed by atoms with van der Waals surface area (Å²) in [6.45, 7) is 0. The Bertz CT molecular complexity index is 884. The Morgan fingerprint density at radius 1 is 1.04 bits per heavy atom. The summed E-state index contributed by atoms with van der Waals surface area (Å²) in [6, 6.07) is 15.7. The molecule has 23 heavy (non-hydrogen) atoms. The second-order valence-electron chi connectivity index (χ2n) is 4.90. The zero-order chi connectivity index (χ0) is 16.2. The van der Waals surface area contributed by atoms with E-state index in [9.17, 15) is 9.59 Å². The van der Waals surface area contributed by atoms with Crippen molar-refractivity contribution in [3.8, 4) is 16.9 Å². The molecule has 0 amide bonds. The van der Waals surface area contributed by atoms with Crippen molar-refractivity contribution in [1.29, 1.82) is 0 Å². The molecule has 5 heteroatoms. The van der Waals surface area contributed by atoms with Crippen LogP contribution in [0.3, 0.4) is 0 Å². The van der Waals surface area contributed by atoms with E-state index in [2.05, 4.69) is 10.2 Å². The molecular weight excluding hydrogens is 292 g/mol. The number of nitrogens with one attached hydrogen (secondary N) is 1. The molecule has 1 aromatic heterocycles. The molecular formula is C18H14N2O3. The van der Waals surface area contributed by atoms with Crippen LogP contribution in [-0.4, -0.2) is 23.1 Å². The van der Waals surface area contributed by atoms with Crippen molar-refractivity contribution in [2.24, 2.45) is 0 Å². The predicted octanol–water partition coefficient (Wildman–Crippen LogP) is 2.68. The summed E-state index contributed by atoms with van der Waals surface area (Å²) in [5.41, 5.74) is 0.989. The Morgan fingerprint density at radius 3 is 2.39 bits per heavy atom. The molecule has 1 N–H and O–H groups in total. The molecule has 0 saturated heterocycles. The van der Waals surface area contributed by atoms with Crippen molar-refractivity contribution in [2.75, 3.05) is 7.11 Å². The lowest BCUT2D eigenvalue weighted by atomic mass is 10.0. The summed E-state index contributed by atoms with van der Waals surface area (Å²) >= 11 is 0. The molecule has 0 saturated carbocycles. The van der Waals surface area contributed by atoms with Gasteiger partial charge in [-0.2, -0.15) is 5.10 Å². The van der Waals surface area contributed by atoms with Crippen LogP contribution in [-0.2, 0) is 0 Å². The van der Waals surface area contributed by atoms with Gasteiger partial charge in [0.1, 0.15) is 5.75 Å². The Kier molecular flexibility index (Phi) is 4.01. The minimum absolute atomic E-state index is 0.121. The van der Waals surface area contributed by atoms with Crippen LogP contribution in [0.15, 0.2) is 65.6 Å². The zero-order valence-corrected chi connectivity index (χ0v) is 12.4. The van der Waals surface area contributed by atoms with Gasteiger partial charge in [-0.15, -0.1) is 0 Å². The van der Waals surface area contributed by atoms with Gasteiger partial charge < -0.3 is 4.74 Å². The van der Waals surface area contributed by atoms with E-state index >= 15 is 0 Å². The second-order valence-corrected chi connectivity index (χ2v) is 4.90. The van der Waals surface area contributed by atoms with Gasteiger partial charge in [0.05, 0.1) is 7.11 Å². The van der Waals surface area contributed by atoms with Gasteiger partial charge in [0.2, 0.25) is 11.2 Å². The van der Waals surface area contributed by atoms with Crippen LogP contribution < -0.4 is 10.2 Å². The molecule has 0 spiro atoms. The number of aromatic nitrogens is 2. The molecule has 0 radical (unpaired) electrons. The van der Waals surface area contributed by atoms with Gasteiger partial charge in [0, 0.05) is 17.3 Å². The van der Waals surface area contributed by atoms with Crippen molar-refractivity contribution in [3.05, 3.63) is 82.3 Å². The van der Waals surface area contributed by atoms with Gasteiger partial charge in [-0.05, 0) is 17.7 Å². The predicted molar refractivity (Wildman–Crippen MR) is 86.7 cm³/mol. The van der Waals surface area contributed by atoms with E-state index in [1.807, 2.05) is 6.07 Å². The number of aromatic amines is 1. The number of rotatable bonds is 4. The van der Waals surface area contributed by atoms with Gasteiger partial charge in [0.25, 0.3) is 0 Å². The normalized spacial score (nSPS) is 10.3. The van der Waals surface area contributed by atoms with Crippen LogP contribution in [0.25, 0.3) is 11.1 Å². The van der Waals surface area contributed by atoms with E-state index < -0.39 is 11.2 Å². The molecule has 1 heterocycles. The fourth-order valence-corrected chi connectivity index (χ4v) is 2.27. The van der Waals surface area contributed by atoms with E-state index in [1.165, 1.54) is 6.20 Å². The largest absolute Gasteiger partial charge is 0.497 e. The lowest BCUT2D eigenvalue weighted by Crippen LogP contribution is -2.20. The minimum Gasteiger partial charge on any atom is -0.497 e. The third kappa shape index (κ3) is 2.89. The summed E-state index contributed by atoms with van der Waals surface area (Å²) in [7, 11) is 1.57. The topological polar surface area (TPSA) is 72.0 Å². The standard InChI is InChI=1S/C18H14N2O3/c1-23-14-9-7-12(8-10-14)15-11-19-20-16(18(15)22)17(21)13-5-3-2-4-6-13/h2-11H,1H3,(H,19,22). The van der Waals surface area contributed by atoms with Gasteiger partial charge in [-0.1, -0.05) is 42.5 Å². The average Bonchev–Trinajstić information content (AvgIpc) is 2.62. The number of carbonyl (C=O) groups excluding carboxylic acids is 1. The smallest absolute Gasteiger partial charge is 0.219 e. The summed E-state index contributed by atoms with van der Waals surface area (Å²) in [5, 5.41) is 6.51. The molecule has 114 valence electrons. The highest BCUT2D eigenvalue weighted by Gasteiger charge is 2.17. The number of hydrogen-bond donors (Lipinski definition) is 1. The summed E-state index contributed by atoms with van der Waals surface area (Å²) in [4.78, 5) is 25.1. The Hall–Kier alpha value is -3.21. The first-order valence-corrected chi connectivity index (χ1v) is 7.03. The van der Waals surface area contributed by atoms with Crippen LogP contribution in [0, 0.1) is 0 Å². The Balaban J connectivity index is 2.05. The SMILES string of the molecule is COc1ccc(-c2c[nH]nc(C(=O)c3ccccc3)c2=O)cc1. The van der Waals surface area contributed by atoms with Gasteiger partial charge in [-0.25, -0.2) is 0 Å². The van der Waals surface area contributed by atoms with E-state index in [4.69, 9.17) is 4.74 Å². The number of H-pyrrole nitrogens is 1. The average molecular weight is 306 g/mol.